The topological polar surface area (TPSA) is 0 Å². The van der Waals surface area contributed by atoms with Gasteiger partial charge in [-0.1, -0.05) is 64.2 Å². The van der Waals surface area contributed by atoms with E-state index >= 15 is 0 Å². The predicted molar refractivity (Wildman–Crippen MR) is 84.5 cm³/mol. The Labute approximate surface area is 114 Å². The summed E-state index contributed by atoms with van der Waals surface area (Å²) in [6.07, 6.45) is 8.03. The Morgan fingerprint density at radius 2 is 1.72 bits per heavy atom. The molecule has 1 rings (SSSR count). The first-order chi connectivity index (χ1) is 8.29. The van der Waals surface area contributed by atoms with Crippen molar-refractivity contribution in [2.75, 3.05) is 0 Å². The molecule has 0 N–H and O–H groups in total. The predicted octanol–water partition coefficient (Wildman–Crippen LogP) is 5.13. The van der Waals surface area contributed by atoms with E-state index in [1.807, 2.05) is 0 Å². The van der Waals surface area contributed by atoms with Gasteiger partial charge in [0.05, 0.1) is 8.07 Å². The molecule has 0 aliphatic carbocycles. The Bertz CT molecular complexity index is 403. The van der Waals surface area contributed by atoms with Gasteiger partial charge in [0.1, 0.15) is 0 Å². The van der Waals surface area contributed by atoms with Crippen LogP contribution >= 0.6 is 0 Å². The third kappa shape index (κ3) is 3.49. The Hall–Kier alpha value is -1.00. The van der Waals surface area contributed by atoms with Crippen molar-refractivity contribution < 1.29 is 0 Å². The van der Waals surface area contributed by atoms with Crippen molar-refractivity contribution in [2.45, 2.75) is 57.3 Å². The zero-order valence-electron chi connectivity index (χ0n) is 12.5. The Balaban J connectivity index is 2.73. The first-order valence-electron chi connectivity index (χ1n) is 6.79. The van der Waals surface area contributed by atoms with Crippen molar-refractivity contribution in [3.05, 3.63) is 35.9 Å². The van der Waals surface area contributed by atoms with Crippen LogP contribution < -0.4 is 0 Å². The molecule has 1 atom stereocenters. The van der Waals surface area contributed by atoms with E-state index in [0.717, 1.165) is 12.8 Å². The quantitative estimate of drug-likeness (QED) is 0.519. The van der Waals surface area contributed by atoms with Crippen LogP contribution in [0.15, 0.2) is 30.3 Å². The summed E-state index contributed by atoms with van der Waals surface area (Å²) in [5.74, 6) is 3.08. The van der Waals surface area contributed by atoms with Gasteiger partial charge in [0.15, 0.2) is 0 Å². The number of terminal acetylenes is 1. The zero-order chi connectivity index (χ0) is 13.8. The SMILES string of the molecule is C#CC(CCc1ccccc1)[Si](C)(C)C(C)(C)C. The van der Waals surface area contributed by atoms with Gasteiger partial charge in [-0.2, -0.15) is 0 Å². The monoisotopic (exact) mass is 258 g/mol. The normalized spacial score (nSPS) is 14.0. The van der Waals surface area contributed by atoms with Crippen LogP contribution in [0.3, 0.4) is 0 Å². The van der Waals surface area contributed by atoms with Crippen LogP contribution in [0, 0.1) is 12.3 Å². The molecule has 0 saturated carbocycles. The molecule has 0 saturated heterocycles. The average Bonchev–Trinajstić information content (AvgIpc) is 2.29. The van der Waals surface area contributed by atoms with Crippen molar-refractivity contribution in [3.63, 3.8) is 0 Å². The van der Waals surface area contributed by atoms with E-state index in [9.17, 15) is 0 Å². The van der Waals surface area contributed by atoms with Crippen LogP contribution in [0.5, 0.6) is 0 Å². The fourth-order valence-corrected chi connectivity index (χ4v) is 4.46. The van der Waals surface area contributed by atoms with Crippen LogP contribution in [-0.2, 0) is 6.42 Å². The summed E-state index contributed by atoms with van der Waals surface area (Å²) in [7, 11) is -1.42. The molecule has 0 aromatic heterocycles. The Morgan fingerprint density at radius 3 is 2.17 bits per heavy atom. The first-order valence-corrected chi connectivity index (χ1v) is 9.87. The lowest BCUT2D eigenvalue weighted by molar-refractivity contribution is 0.685. The van der Waals surface area contributed by atoms with Crippen LogP contribution in [0.2, 0.25) is 23.7 Å². The highest BCUT2D eigenvalue weighted by Gasteiger charge is 2.40. The van der Waals surface area contributed by atoms with Crippen LogP contribution in [0.1, 0.15) is 32.8 Å². The molecule has 0 heterocycles. The van der Waals surface area contributed by atoms with Crippen molar-refractivity contribution in [1.82, 2.24) is 0 Å². The summed E-state index contributed by atoms with van der Waals surface area (Å²) >= 11 is 0. The lowest BCUT2D eigenvalue weighted by Gasteiger charge is -2.41. The molecule has 0 amide bonds. The molecular weight excluding hydrogens is 232 g/mol. The number of hydrogen-bond donors (Lipinski definition) is 0. The summed E-state index contributed by atoms with van der Waals surface area (Å²) in [6.45, 7) is 11.9. The second-order valence-electron chi connectivity index (χ2n) is 6.72. The fourth-order valence-electron chi connectivity index (χ4n) is 2.13. The standard InChI is InChI=1S/C17H26Si/c1-7-16(18(5,6)17(2,3)4)14-13-15-11-9-8-10-12-15/h1,8-12,16H,13-14H2,2-6H3. The molecule has 1 unspecified atom stereocenters. The summed E-state index contributed by atoms with van der Waals surface area (Å²) < 4.78 is 0. The number of hydrogen-bond acceptors (Lipinski definition) is 0. The lowest BCUT2D eigenvalue weighted by atomic mass is 10.1. The minimum Gasteiger partial charge on any atom is -0.120 e. The summed E-state index contributed by atoms with van der Waals surface area (Å²) in [5.41, 5.74) is 1.86. The highest BCUT2D eigenvalue weighted by Crippen LogP contribution is 2.44. The Morgan fingerprint density at radius 1 is 1.17 bits per heavy atom. The van der Waals surface area contributed by atoms with Crippen molar-refractivity contribution in [2.24, 2.45) is 0 Å². The van der Waals surface area contributed by atoms with Crippen molar-refractivity contribution in [1.29, 1.82) is 0 Å². The minimum absolute atomic E-state index is 0.362. The molecule has 1 heteroatoms. The highest BCUT2D eigenvalue weighted by molar-refractivity contribution is 6.82. The van der Waals surface area contributed by atoms with Gasteiger partial charge in [0.2, 0.25) is 0 Å². The van der Waals surface area contributed by atoms with Gasteiger partial charge in [-0.25, -0.2) is 0 Å². The van der Waals surface area contributed by atoms with E-state index < -0.39 is 8.07 Å². The lowest BCUT2D eigenvalue weighted by Crippen LogP contribution is -2.41. The maximum absolute atomic E-state index is 5.80. The van der Waals surface area contributed by atoms with Crippen molar-refractivity contribution >= 4 is 8.07 Å². The summed E-state index contributed by atoms with van der Waals surface area (Å²) in [5, 5.41) is 0.362. The molecule has 0 aliphatic heterocycles. The molecule has 0 nitrogen and oxygen atoms in total. The van der Waals surface area contributed by atoms with Gasteiger partial charge in [-0.05, 0) is 23.4 Å². The number of aryl methyl sites for hydroxylation is 1. The highest BCUT2D eigenvalue weighted by atomic mass is 28.3. The van der Waals surface area contributed by atoms with E-state index in [1.165, 1.54) is 5.56 Å². The molecule has 18 heavy (non-hydrogen) atoms. The fraction of sp³-hybridized carbons (Fsp3) is 0.529. The van der Waals surface area contributed by atoms with Crippen LogP contribution in [-0.4, -0.2) is 8.07 Å². The molecule has 1 aromatic rings. The van der Waals surface area contributed by atoms with Gasteiger partial charge >= 0.3 is 0 Å². The van der Waals surface area contributed by atoms with E-state index in [2.05, 4.69) is 70.1 Å². The van der Waals surface area contributed by atoms with Gasteiger partial charge < -0.3 is 0 Å². The second kappa shape index (κ2) is 5.76. The summed E-state index contributed by atoms with van der Waals surface area (Å²) in [6, 6.07) is 10.7. The maximum atomic E-state index is 5.80. The minimum atomic E-state index is -1.42. The number of rotatable bonds is 4. The molecule has 0 radical (unpaired) electrons. The average molecular weight is 258 g/mol. The Kier molecular flexibility index (Phi) is 4.82. The van der Waals surface area contributed by atoms with E-state index in [4.69, 9.17) is 6.42 Å². The largest absolute Gasteiger partial charge is 0.120 e. The molecule has 0 bridgehead atoms. The van der Waals surface area contributed by atoms with E-state index in [1.54, 1.807) is 0 Å². The van der Waals surface area contributed by atoms with Crippen molar-refractivity contribution in [3.8, 4) is 12.3 Å². The van der Waals surface area contributed by atoms with E-state index in [0.29, 0.717) is 10.6 Å². The summed E-state index contributed by atoms with van der Waals surface area (Å²) in [4.78, 5) is 0. The second-order valence-corrected chi connectivity index (χ2v) is 12.4. The molecule has 0 aliphatic rings. The third-order valence-corrected chi connectivity index (χ3v) is 10.6. The smallest absolute Gasteiger partial charge is 0.0696 e. The third-order valence-electron chi connectivity index (χ3n) is 4.57. The van der Waals surface area contributed by atoms with Gasteiger partial charge in [0, 0.05) is 5.54 Å². The molecule has 0 fully saturated rings. The van der Waals surface area contributed by atoms with Crippen LogP contribution in [0.4, 0.5) is 0 Å². The number of benzene rings is 1. The van der Waals surface area contributed by atoms with Gasteiger partial charge in [-0.15, -0.1) is 12.3 Å². The van der Waals surface area contributed by atoms with Gasteiger partial charge in [0.25, 0.3) is 0 Å². The molecular formula is C17H26Si. The van der Waals surface area contributed by atoms with E-state index in [-0.39, 0.29) is 0 Å². The molecule has 0 spiro atoms. The molecule has 98 valence electrons. The first kappa shape index (κ1) is 15.1. The maximum Gasteiger partial charge on any atom is 0.0696 e. The van der Waals surface area contributed by atoms with Crippen LogP contribution in [0.25, 0.3) is 0 Å². The zero-order valence-corrected chi connectivity index (χ0v) is 13.5. The molecule has 1 aromatic carbocycles. The van der Waals surface area contributed by atoms with Gasteiger partial charge in [-0.3, -0.25) is 0 Å².